The lowest BCUT2D eigenvalue weighted by molar-refractivity contribution is -0.317. The Kier molecular flexibility index (Phi) is 6.78. The predicted octanol–water partition coefficient (Wildman–Crippen LogP) is 1.43. The maximum atomic E-state index is 12.4. The van der Waals surface area contributed by atoms with E-state index < -0.39 is 42.9 Å². The number of fused-ring (bicyclic) bond motifs is 5. The largest absolute Gasteiger partial charge is 0.458 e. The molecule has 1 saturated heterocycles. The molecule has 2 aliphatic heterocycles. The predicted molar refractivity (Wildman–Crippen MR) is 134 cm³/mol. The molecule has 0 aromatic carbocycles. The molecule has 9 heteroatoms. The second kappa shape index (κ2) is 9.50. The van der Waals surface area contributed by atoms with Crippen molar-refractivity contribution in [3.8, 4) is 0 Å². The number of aliphatic hydroxyl groups excluding tert-OH is 4. The summed E-state index contributed by atoms with van der Waals surface area (Å²) in [6, 6.07) is 0. The Balaban J connectivity index is 1.15. The average molecular weight is 537 g/mol. The topological polar surface area (TPSA) is 146 Å². The van der Waals surface area contributed by atoms with Gasteiger partial charge in [-0.15, -0.1) is 0 Å². The van der Waals surface area contributed by atoms with Crippen molar-refractivity contribution in [1.29, 1.82) is 0 Å². The summed E-state index contributed by atoms with van der Waals surface area (Å²) in [6.45, 7) is 4.52. The second-order valence-corrected chi connectivity index (χ2v) is 13.5. The van der Waals surface area contributed by atoms with Gasteiger partial charge >= 0.3 is 5.97 Å². The van der Waals surface area contributed by atoms with Crippen LogP contribution >= 0.6 is 0 Å². The van der Waals surface area contributed by atoms with Gasteiger partial charge in [0.2, 0.25) is 0 Å². The van der Waals surface area contributed by atoms with E-state index in [9.17, 15) is 30.3 Å². The summed E-state index contributed by atoms with van der Waals surface area (Å²) in [6.07, 6.45) is 3.41. The minimum atomic E-state index is -1.44. The van der Waals surface area contributed by atoms with Gasteiger partial charge in [0.1, 0.15) is 31.0 Å². The molecule has 6 rings (SSSR count). The molecule has 4 saturated carbocycles. The van der Waals surface area contributed by atoms with Gasteiger partial charge in [-0.05, 0) is 92.4 Å². The third-order valence-electron chi connectivity index (χ3n) is 12.1. The standard InChI is InChI=1S/C29H44O9/c1-27-8-5-17(37-26-25(34)24(33)23(32)21(13-30)38-26)12-16(27)3-4-20-19(27)6-9-28(2)18(7-10-29(20,28)35)15-11-22(31)36-14-15/h11,16-21,23-26,30,32-35H,3-10,12-14H2,1-2H3/t16-,17-,18+,19-,20+,21+,23+,24-,25+,26+,27-,28+,29-/m0/s1. The molecule has 5 N–H and O–H groups in total. The zero-order valence-corrected chi connectivity index (χ0v) is 22.5. The second-order valence-electron chi connectivity index (χ2n) is 13.5. The van der Waals surface area contributed by atoms with E-state index >= 15 is 0 Å². The molecule has 6 aliphatic rings. The minimum absolute atomic E-state index is 0.0823. The van der Waals surface area contributed by atoms with E-state index in [-0.39, 0.29) is 34.7 Å². The van der Waals surface area contributed by atoms with Gasteiger partial charge in [0.05, 0.1) is 18.3 Å². The fourth-order valence-corrected chi connectivity index (χ4v) is 9.86. The Morgan fingerprint density at radius 1 is 0.974 bits per heavy atom. The van der Waals surface area contributed by atoms with E-state index in [4.69, 9.17) is 14.2 Å². The van der Waals surface area contributed by atoms with Crippen LogP contribution in [-0.2, 0) is 19.0 Å². The molecular formula is C29H44O9. The molecular weight excluding hydrogens is 492 g/mol. The summed E-state index contributed by atoms with van der Waals surface area (Å²) < 4.78 is 17.0. The van der Waals surface area contributed by atoms with Crippen LogP contribution in [0.3, 0.4) is 0 Å². The van der Waals surface area contributed by atoms with Crippen molar-refractivity contribution in [1.82, 2.24) is 0 Å². The van der Waals surface area contributed by atoms with Crippen LogP contribution in [0, 0.1) is 34.5 Å². The number of carbonyl (C=O) groups is 1. The first-order valence-corrected chi connectivity index (χ1v) is 14.6. The molecule has 214 valence electrons. The first-order valence-electron chi connectivity index (χ1n) is 14.6. The Labute approximate surface area is 224 Å². The lowest BCUT2D eigenvalue weighted by atomic mass is 9.43. The molecule has 13 atom stereocenters. The minimum Gasteiger partial charge on any atom is -0.458 e. The van der Waals surface area contributed by atoms with Crippen LogP contribution in [0.2, 0.25) is 0 Å². The van der Waals surface area contributed by atoms with Crippen LogP contribution in [-0.4, -0.2) is 87.1 Å². The van der Waals surface area contributed by atoms with Gasteiger partial charge in [0.15, 0.2) is 6.29 Å². The summed E-state index contributed by atoms with van der Waals surface area (Å²) in [5.74, 6) is 0.994. The first-order chi connectivity index (χ1) is 18.0. The van der Waals surface area contributed by atoms with E-state index in [1.54, 1.807) is 6.08 Å². The molecule has 0 aromatic heterocycles. The quantitative estimate of drug-likeness (QED) is 0.266. The van der Waals surface area contributed by atoms with Crippen molar-refractivity contribution in [2.75, 3.05) is 13.2 Å². The monoisotopic (exact) mass is 536 g/mol. The number of hydrogen-bond acceptors (Lipinski definition) is 9. The number of carbonyl (C=O) groups excluding carboxylic acids is 1. The Bertz CT molecular complexity index is 968. The average Bonchev–Trinajstić information content (AvgIpc) is 3.44. The van der Waals surface area contributed by atoms with E-state index in [1.165, 1.54) is 0 Å². The van der Waals surface area contributed by atoms with Gasteiger partial charge in [-0.1, -0.05) is 13.8 Å². The van der Waals surface area contributed by atoms with Gasteiger partial charge in [0.25, 0.3) is 0 Å². The number of ether oxygens (including phenoxy) is 3. The maximum Gasteiger partial charge on any atom is 0.331 e. The number of rotatable bonds is 4. The molecule has 0 bridgehead atoms. The van der Waals surface area contributed by atoms with Crippen LogP contribution < -0.4 is 0 Å². The lowest BCUT2D eigenvalue weighted by Crippen LogP contribution is -2.63. The number of cyclic esters (lactones) is 1. The van der Waals surface area contributed by atoms with Crippen molar-refractivity contribution in [3.05, 3.63) is 11.6 Å². The van der Waals surface area contributed by atoms with Crippen molar-refractivity contribution >= 4 is 5.97 Å². The van der Waals surface area contributed by atoms with Gasteiger partial charge in [-0.25, -0.2) is 4.79 Å². The summed E-state index contributed by atoms with van der Waals surface area (Å²) in [4.78, 5) is 11.8. The van der Waals surface area contributed by atoms with Gasteiger partial charge in [-0.3, -0.25) is 0 Å². The molecule has 0 radical (unpaired) electrons. The van der Waals surface area contributed by atoms with Crippen LogP contribution in [0.25, 0.3) is 0 Å². The van der Waals surface area contributed by atoms with E-state index in [0.717, 1.165) is 63.4 Å². The van der Waals surface area contributed by atoms with Gasteiger partial charge in [-0.2, -0.15) is 0 Å². The molecule has 0 spiro atoms. The Morgan fingerprint density at radius 2 is 1.76 bits per heavy atom. The summed E-state index contributed by atoms with van der Waals surface area (Å²) >= 11 is 0. The highest BCUT2D eigenvalue weighted by molar-refractivity contribution is 5.85. The fourth-order valence-electron chi connectivity index (χ4n) is 9.86. The molecule has 38 heavy (non-hydrogen) atoms. The van der Waals surface area contributed by atoms with Crippen molar-refractivity contribution in [2.24, 2.45) is 34.5 Å². The normalized spacial score (nSPS) is 54.5. The fraction of sp³-hybridized carbons (Fsp3) is 0.897. The van der Waals surface area contributed by atoms with E-state index in [2.05, 4.69) is 13.8 Å². The first kappa shape index (κ1) is 27.1. The number of esters is 1. The molecule has 9 nitrogen and oxygen atoms in total. The molecule has 0 unspecified atom stereocenters. The smallest absolute Gasteiger partial charge is 0.331 e. The molecule has 2 heterocycles. The highest BCUT2D eigenvalue weighted by Crippen LogP contribution is 2.70. The Hall–Kier alpha value is -1.07. The van der Waals surface area contributed by atoms with Gasteiger partial charge < -0.3 is 39.7 Å². The van der Waals surface area contributed by atoms with E-state index in [0.29, 0.717) is 18.4 Å². The van der Waals surface area contributed by atoms with Gasteiger partial charge in [0, 0.05) is 11.5 Å². The Morgan fingerprint density at radius 3 is 2.47 bits per heavy atom. The molecule has 0 amide bonds. The van der Waals surface area contributed by atoms with Crippen LogP contribution in [0.5, 0.6) is 0 Å². The van der Waals surface area contributed by atoms with Crippen molar-refractivity contribution in [2.45, 2.75) is 114 Å². The molecule has 0 aromatic rings. The SMILES string of the molecule is C[C@]12CC[C@H](O[C@@H]3O[C@H](CO)[C@@H](O)[C@H](O)[C@H]3O)C[C@@H]1CC[C@@H]1[C@@H]2CC[C@]2(C)[C@@H](C3=CC(=O)OC3)CC[C@]12O. The summed E-state index contributed by atoms with van der Waals surface area (Å²) in [5.41, 5.74) is 0.141. The summed E-state index contributed by atoms with van der Waals surface area (Å²) in [5, 5.41) is 52.6. The maximum absolute atomic E-state index is 12.4. The molecule has 5 fully saturated rings. The highest BCUT2D eigenvalue weighted by Gasteiger charge is 2.67. The third-order valence-corrected chi connectivity index (χ3v) is 12.1. The lowest BCUT2D eigenvalue weighted by Gasteiger charge is -2.64. The summed E-state index contributed by atoms with van der Waals surface area (Å²) in [7, 11) is 0. The van der Waals surface area contributed by atoms with Crippen LogP contribution in [0.4, 0.5) is 0 Å². The highest BCUT2D eigenvalue weighted by atomic mass is 16.7. The van der Waals surface area contributed by atoms with Crippen LogP contribution in [0.15, 0.2) is 11.6 Å². The van der Waals surface area contributed by atoms with E-state index in [1.807, 2.05) is 0 Å². The molecule has 4 aliphatic carbocycles. The van der Waals surface area contributed by atoms with Crippen LogP contribution in [0.1, 0.15) is 71.6 Å². The number of aliphatic hydroxyl groups is 5. The third kappa shape index (κ3) is 3.87. The van der Waals surface area contributed by atoms with Crippen molar-refractivity contribution < 1.29 is 44.5 Å². The van der Waals surface area contributed by atoms with Crippen molar-refractivity contribution in [3.63, 3.8) is 0 Å². The zero-order valence-electron chi connectivity index (χ0n) is 22.5. The number of hydrogen-bond donors (Lipinski definition) is 5. The zero-order chi connectivity index (χ0) is 27.0.